The maximum atomic E-state index is 7.75. The number of rotatable bonds is 0. The van der Waals surface area contributed by atoms with Crippen LogP contribution in [-0.2, 0) is 36.2 Å². The minimum Gasteiger partial charge on any atom is -0.545 e. The van der Waals surface area contributed by atoms with Gasteiger partial charge in [-0.05, 0) is 0 Å². The van der Waals surface area contributed by atoms with Crippen LogP contribution in [0.3, 0.4) is 0 Å². The standard InChI is InChI=1S/4CHO.Fe.HI/c4*1-2;;/h4*1H;;1H/q4*-1;+4;. The molecular weight excluding hydrogens is 295 g/mol. The minimum atomic E-state index is 0. The topological polar surface area (TPSA) is 68.3 Å². The SMILES string of the molecule is I.[CH-]=O.[CH-]=O.[CH-]=O.[CH-]=O.[Fe+4]. The predicted octanol–water partition coefficient (Wildman–Crippen LogP) is -0.481. The number of hydrogen-bond acceptors (Lipinski definition) is 4. The summed E-state index contributed by atoms with van der Waals surface area (Å²) in [4.78, 5) is 31.0. The molecule has 0 heterocycles. The summed E-state index contributed by atoms with van der Waals surface area (Å²) >= 11 is 0. The smallest absolute Gasteiger partial charge is 0.545 e. The quantitative estimate of drug-likeness (QED) is 0.262. The molecule has 0 unspecified atom stereocenters. The summed E-state index contributed by atoms with van der Waals surface area (Å²) in [5, 5.41) is 0. The van der Waals surface area contributed by atoms with E-state index < -0.39 is 0 Å². The van der Waals surface area contributed by atoms with Crippen molar-refractivity contribution in [1.82, 2.24) is 0 Å². The summed E-state index contributed by atoms with van der Waals surface area (Å²) in [5.41, 5.74) is 0. The fourth-order valence-electron chi connectivity index (χ4n) is 0. The Hall–Kier alpha value is -0.0705. The molecule has 0 aromatic carbocycles. The third kappa shape index (κ3) is 76600. The molecule has 6 heteroatoms. The average Bonchev–Trinajstić information content (AvgIpc) is 2.03. The van der Waals surface area contributed by atoms with Crippen molar-refractivity contribution in [2.45, 2.75) is 0 Å². The first kappa shape index (κ1) is 51.3. The van der Waals surface area contributed by atoms with E-state index in [0.29, 0.717) is 0 Å². The van der Waals surface area contributed by atoms with Crippen LogP contribution in [0.1, 0.15) is 0 Å². The van der Waals surface area contributed by atoms with Crippen molar-refractivity contribution in [2.24, 2.45) is 0 Å². The van der Waals surface area contributed by atoms with Crippen LogP contribution in [0, 0.1) is 0 Å². The molecule has 4 nitrogen and oxygen atoms in total. The van der Waals surface area contributed by atoms with Gasteiger partial charge in [0.25, 0.3) is 0 Å². The predicted molar refractivity (Wildman–Crippen MR) is 42.4 cm³/mol. The summed E-state index contributed by atoms with van der Waals surface area (Å²) in [6.07, 6.45) is 0. The van der Waals surface area contributed by atoms with E-state index in [1.165, 1.54) is 0 Å². The molecule has 0 saturated heterocycles. The molecule has 0 rings (SSSR count). The van der Waals surface area contributed by atoms with Crippen LogP contribution in [0.5, 0.6) is 0 Å². The van der Waals surface area contributed by atoms with Gasteiger partial charge in [0.1, 0.15) is 0 Å². The fraction of sp³-hybridized carbons (Fsp3) is 0. The number of halogens is 1. The van der Waals surface area contributed by atoms with E-state index in [0.717, 1.165) is 0 Å². The molecule has 0 spiro atoms. The maximum Gasteiger partial charge on any atom is 4.00 e. The van der Waals surface area contributed by atoms with Gasteiger partial charge in [0.15, 0.2) is 0 Å². The van der Waals surface area contributed by atoms with Crippen LogP contribution in [0.15, 0.2) is 0 Å². The van der Waals surface area contributed by atoms with Gasteiger partial charge in [0.2, 0.25) is 0 Å². The van der Waals surface area contributed by atoms with Gasteiger partial charge in [-0.3, -0.25) is 27.2 Å². The van der Waals surface area contributed by atoms with E-state index in [1.807, 2.05) is 0 Å². The zero-order valence-electron chi connectivity index (χ0n) is 4.70. The Kier molecular flexibility index (Phi) is 579000. The Balaban J connectivity index is -0.00000000500. The second-order valence-electron chi connectivity index (χ2n) is 0. The number of carbonyl (C=O) groups excluding carboxylic acids is 4. The van der Waals surface area contributed by atoms with Crippen LogP contribution in [0.4, 0.5) is 0 Å². The Morgan fingerprint density at radius 3 is 0.500 bits per heavy atom. The van der Waals surface area contributed by atoms with E-state index in [9.17, 15) is 0 Å². The maximum absolute atomic E-state index is 7.75. The van der Waals surface area contributed by atoms with E-state index in [2.05, 4.69) is 27.2 Å². The summed E-state index contributed by atoms with van der Waals surface area (Å²) < 4.78 is 0. The van der Waals surface area contributed by atoms with Gasteiger partial charge in [-0.15, -0.1) is 24.0 Å². The molecule has 0 fully saturated rings. The molecule has 10 heavy (non-hydrogen) atoms. The Bertz CT molecular complexity index is 25.2. The molecule has 0 amide bonds. The van der Waals surface area contributed by atoms with Crippen LogP contribution in [-0.4, -0.2) is 27.2 Å². The first-order valence-corrected chi connectivity index (χ1v) is 0.943. The zero-order valence-corrected chi connectivity index (χ0v) is 8.14. The van der Waals surface area contributed by atoms with Crippen molar-refractivity contribution < 1.29 is 36.2 Å². The van der Waals surface area contributed by atoms with Gasteiger partial charge < -0.3 is 19.2 Å². The molecule has 0 aliphatic heterocycles. The fourth-order valence-corrected chi connectivity index (χ4v) is 0. The first-order valence-electron chi connectivity index (χ1n) is 0.943. The second kappa shape index (κ2) is 113000. The molecule has 0 N–H and O–H groups in total. The van der Waals surface area contributed by atoms with Gasteiger partial charge in [-0.1, -0.05) is 0 Å². The van der Waals surface area contributed by atoms with Crippen molar-refractivity contribution in [1.29, 1.82) is 0 Å². The molecule has 60 valence electrons. The largest absolute Gasteiger partial charge is 4.00 e. The normalized spacial score (nSPS) is 1.60. The summed E-state index contributed by atoms with van der Waals surface area (Å²) in [6.45, 7) is 13.0. The van der Waals surface area contributed by atoms with Gasteiger partial charge in [0.05, 0.1) is 0 Å². The van der Waals surface area contributed by atoms with Crippen LogP contribution >= 0.6 is 24.0 Å². The molecule has 0 aliphatic carbocycles. The van der Waals surface area contributed by atoms with Crippen LogP contribution in [0.2, 0.25) is 0 Å². The van der Waals surface area contributed by atoms with Gasteiger partial charge >= 0.3 is 17.1 Å². The van der Waals surface area contributed by atoms with Crippen LogP contribution < -0.4 is 0 Å². The van der Waals surface area contributed by atoms with Gasteiger partial charge in [-0.25, -0.2) is 0 Å². The third-order valence-corrected chi connectivity index (χ3v) is 0. The van der Waals surface area contributed by atoms with Gasteiger partial charge in [-0.2, -0.15) is 0 Å². The van der Waals surface area contributed by atoms with Crippen molar-refractivity contribution in [2.75, 3.05) is 0 Å². The summed E-state index contributed by atoms with van der Waals surface area (Å²) in [6, 6.07) is 0. The van der Waals surface area contributed by atoms with E-state index >= 15 is 0 Å². The molecule has 0 aromatic heterocycles. The Morgan fingerprint density at radius 1 is 0.500 bits per heavy atom. The molecular formula is C4H5FeIO4. The summed E-state index contributed by atoms with van der Waals surface area (Å²) in [5.74, 6) is 0. The Morgan fingerprint density at radius 2 is 0.500 bits per heavy atom. The molecule has 0 bridgehead atoms. The van der Waals surface area contributed by atoms with Crippen molar-refractivity contribution in [3.8, 4) is 0 Å². The second-order valence-corrected chi connectivity index (χ2v) is 0. The molecule has 0 radical (unpaired) electrons. The zero-order chi connectivity index (χ0) is 8.00. The third-order valence-electron chi connectivity index (χ3n) is 0. The monoisotopic (exact) mass is 300 g/mol. The van der Waals surface area contributed by atoms with E-state index in [1.54, 1.807) is 0 Å². The number of hydrogen-bond donors (Lipinski definition) is 0. The minimum absolute atomic E-state index is 0. The van der Waals surface area contributed by atoms with Crippen molar-refractivity contribution >= 4 is 51.1 Å². The average molecular weight is 300 g/mol. The van der Waals surface area contributed by atoms with Crippen molar-refractivity contribution in [3.05, 3.63) is 0 Å². The van der Waals surface area contributed by atoms with E-state index in [4.69, 9.17) is 19.2 Å². The molecule has 0 aliphatic rings. The molecule has 0 aromatic rings. The molecule has 0 saturated carbocycles. The van der Waals surface area contributed by atoms with Gasteiger partial charge in [0, 0.05) is 0 Å². The van der Waals surface area contributed by atoms with Crippen molar-refractivity contribution in [3.63, 3.8) is 0 Å². The first-order chi connectivity index (χ1) is 4.00. The van der Waals surface area contributed by atoms with Crippen LogP contribution in [0.25, 0.3) is 0 Å². The van der Waals surface area contributed by atoms with E-state index in [-0.39, 0.29) is 41.0 Å². The Labute approximate surface area is 87.2 Å². The summed E-state index contributed by atoms with van der Waals surface area (Å²) in [7, 11) is 0. The molecule has 0 atom stereocenters.